The number of imidazole rings is 1. The van der Waals surface area contributed by atoms with Crippen molar-refractivity contribution in [3.63, 3.8) is 0 Å². The van der Waals surface area contributed by atoms with E-state index in [2.05, 4.69) is 29.9 Å². The second kappa shape index (κ2) is 7.99. The van der Waals surface area contributed by atoms with Crippen molar-refractivity contribution in [1.29, 1.82) is 0 Å². The molecule has 0 bridgehead atoms. The zero-order valence-electron chi connectivity index (χ0n) is 16.7. The summed E-state index contributed by atoms with van der Waals surface area (Å²) in [5, 5.41) is 11.8. The number of nitrogens with zero attached hydrogens (tertiary/aromatic N) is 3. The highest BCUT2D eigenvalue weighted by molar-refractivity contribution is 6.09. The Hall–Kier alpha value is -3.28. The van der Waals surface area contributed by atoms with Crippen molar-refractivity contribution >= 4 is 22.4 Å². The highest BCUT2D eigenvalue weighted by Gasteiger charge is 2.39. The number of hydrogen-bond acceptors (Lipinski definition) is 3. The van der Waals surface area contributed by atoms with Gasteiger partial charge in [-0.3, -0.25) is 4.79 Å². The minimum atomic E-state index is -0.311. The van der Waals surface area contributed by atoms with Gasteiger partial charge in [0, 0.05) is 53.7 Å². The van der Waals surface area contributed by atoms with Gasteiger partial charge in [0.2, 0.25) is 0 Å². The molecule has 29 heavy (non-hydrogen) atoms. The Morgan fingerprint density at radius 1 is 1.28 bits per heavy atom. The lowest BCUT2D eigenvalue weighted by atomic mass is 9.97. The van der Waals surface area contributed by atoms with Gasteiger partial charge in [-0.2, -0.15) is 0 Å². The molecule has 2 aromatic heterocycles. The molecule has 1 unspecified atom stereocenters. The Bertz CT molecular complexity index is 1060. The number of fused-ring (bicyclic) bond motifs is 1. The molecule has 1 aromatic carbocycles. The standard InChI is InChI=1S/C23H26N4O2/c1-16(2)8-9-20-21(18-14-25-19-7-4-3-6-17(18)19)22(28)23(29)27(20)12-5-11-26-13-10-24-15-26/h3-4,6-10,13-16,20,25,28H,5,11-12H2,1-2H3/b9-8+. The van der Waals surface area contributed by atoms with Gasteiger partial charge in [0.15, 0.2) is 5.76 Å². The lowest BCUT2D eigenvalue weighted by Gasteiger charge is -2.24. The molecule has 4 rings (SSSR count). The summed E-state index contributed by atoms with van der Waals surface area (Å²) < 4.78 is 1.99. The van der Waals surface area contributed by atoms with Gasteiger partial charge >= 0.3 is 0 Å². The van der Waals surface area contributed by atoms with Crippen LogP contribution in [0.2, 0.25) is 0 Å². The molecule has 0 saturated carbocycles. The van der Waals surface area contributed by atoms with Crippen molar-refractivity contribution in [2.45, 2.75) is 32.9 Å². The van der Waals surface area contributed by atoms with Gasteiger partial charge in [-0.25, -0.2) is 4.98 Å². The van der Waals surface area contributed by atoms with Crippen LogP contribution in [0, 0.1) is 5.92 Å². The first kappa shape index (κ1) is 19.1. The maximum absolute atomic E-state index is 12.9. The van der Waals surface area contributed by atoms with Gasteiger partial charge in [-0.05, 0) is 18.4 Å². The van der Waals surface area contributed by atoms with Gasteiger partial charge in [0.05, 0.1) is 12.4 Å². The minimum absolute atomic E-state index is 0.157. The first-order valence-electron chi connectivity index (χ1n) is 10.0. The number of allylic oxidation sites excluding steroid dienone is 1. The van der Waals surface area contributed by atoms with Crippen LogP contribution in [0.15, 0.2) is 67.1 Å². The molecule has 0 radical (unpaired) electrons. The number of H-pyrrole nitrogens is 1. The van der Waals surface area contributed by atoms with E-state index in [1.165, 1.54) is 0 Å². The molecule has 1 amide bonds. The number of rotatable bonds is 7. The Morgan fingerprint density at radius 2 is 2.10 bits per heavy atom. The number of benzene rings is 1. The van der Waals surface area contributed by atoms with Gasteiger partial charge in [-0.15, -0.1) is 0 Å². The molecule has 0 saturated heterocycles. The third kappa shape index (κ3) is 3.70. The van der Waals surface area contributed by atoms with Crippen LogP contribution in [-0.2, 0) is 11.3 Å². The van der Waals surface area contributed by atoms with Crippen LogP contribution in [0.4, 0.5) is 0 Å². The molecule has 3 heterocycles. The topological polar surface area (TPSA) is 74.2 Å². The third-order valence-corrected chi connectivity index (χ3v) is 5.28. The Kier molecular flexibility index (Phi) is 5.25. The SMILES string of the molecule is CC(C)/C=C/C1C(c2c[nH]c3ccccc23)=C(O)C(=O)N1CCCn1ccnc1. The molecular weight excluding hydrogens is 364 g/mol. The molecule has 6 nitrogen and oxygen atoms in total. The molecule has 0 spiro atoms. The number of carbonyl (C=O) groups excluding carboxylic acids is 1. The molecule has 1 aliphatic heterocycles. The maximum atomic E-state index is 12.9. The molecule has 6 heteroatoms. The van der Waals surface area contributed by atoms with E-state index in [4.69, 9.17) is 0 Å². The molecular formula is C23H26N4O2. The second-order valence-electron chi connectivity index (χ2n) is 7.74. The summed E-state index contributed by atoms with van der Waals surface area (Å²) in [6, 6.07) is 7.66. The predicted molar refractivity (Wildman–Crippen MR) is 114 cm³/mol. The number of aromatic nitrogens is 3. The predicted octanol–water partition coefficient (Wildman–Crippen LogP) is 4.15. The van der Waals surface area contributed by atoms with Crippen LogP contribution >= 0.6 is 0 Å². The number of para-hydroxylation sites is 1. The van der Waals surface area contributed by atoms with Crippen molar-refractivity contribution in [1.82, 2.24) is 19.4 Å². The fourth-order valence-electron chi connectivity index (χ4n) is 3.87. The maximum Gasteiger partial charge on any atom is 0.289 e. The van der Waals surface area contributed by atoms with E-state index in [9.17, 15) is 9.90 Å². The number of aliphatic hydroxyl groups is 1. The lowest BCUT2D eigenvalue weighted by Crippen LogP contribution is -2.35. The minimum Gasteiger partial charge on any atom is -0.503 e. The quantitative estimate of drug-likeness (QED) is 0.595. The van der Waals surface area contributed by atoms with Crippen LogP contribution < -0.4 is 0 Å². The fraction of sp³-hybridized carbons (Fsp3) is 0.304. The average molecular weight is 390 g/mol. The zero-order chi connectivity index (χ0) is 20.4. The molecule has 1 aliphatic rings. The largest absolute Gasteiger partial charge is 0.503 e. The highest BCUT2D eigenvalue weighted by Crippen LogP contribution is 2.37. The lowest BCUT2D eigenvalue weighted by molar-refractivity contribution is -0.128. The second-order valence-corrected chi connectivity index (χ2v) is 7.74. The number of aromatic amines is 1. The Morgan fingerprint density at radius 3 is 2.86 bits per heavy atom. The van der Waals surface area contributed by atoms with E-state index < -0.39 is 0 Å². The van der Waals surface area contributed by atoms with Crippen molar-refractivity contribution in [3.05, 3.63) is 72.7 Å². The van der Waals surface area contributed by atoms with E-state index in [0.717, 1.165) is 29.4 Å². The number of carbonyl (C=O) groups is 1. The van der Waals surface area contributed by atoms with E-state index >= 15 is 0 Å². The summed E-state index contributed by atoms with van der Waals surface area (Å²) in [7, 11) is 0. The fourth-order valence-corrected chi connectivity index (χ4v) is 3.87. The summed E-state index contributed by atoms with van der Waals surface area (Å²) in [6.07, 6.45) is 12.2. The molecule has 0 aliphatic carbocycles. The normalized spacial score (nSPS) is 17.6. The van der Waals surface area contributed by atoms with Crippen molar-refractivity contribution < 1.29 is 9.90 Å². The monoisotopic (exact) mass is 390 g/mol. The summed E-state index contributed by atoms with van der Waals surface area (Å²) in [5.41, 5.74) is 2.54. The molecule has 0 fully saturated rings. The highest BCUT2D eigenvalue weighted by atomic mass is 16.3. The van der Waals surface area contributed by atoms with Crippen molar-refractivity contribution in [2.24, 2.45) is 5.92 Å². The van der Waals surface area contributed by atoms with Crippen molar-refractivity contribution in [2.75, 3.05) is 6.54 Å². The molecule has 3 aromatic rings. The van der Waals surface area contributed by atoms with Crippen molar-refractivity contribution in [3.8, 4) is 0 Å². The first-order chi connectivity index (χ1) is 14.1. The van der Waals surface area contributed by atoms with Gasteiger partial charge in [0.1, 0.15) is 0 Å². The van der Waals surface area contributed by atoms with Crippen LogP contribution in [0.3, 0.4) is 0 Å². The Labute approximate surface area is 170 Å². The van der Waals surface area contributed by atoms with Gasteiger partial charge < -0.3 is 19.6 Å². The Balaban J connectivity index is 1.66. The first-order valence-corrected chi connectivity index (χ1v) is 10.0. The third-order valence-electron chi connectivity index (χ3n) is 5.28. The average Bonchev–Trinajstić information content (AvgIpc) is 3.42. The number of hydrogen-bond donors (Lipinski definition) is 2. The van der Waals surface area contributed by atoms with E-state index in [1.54, 1.807) is 17.4 Å². The molecule has 2 N–H and O–H groups in total. The summed E-state index contributed by atoms with van der Waals surface area (Å²) in [5.74, 6) is -0.116. The van der Waals surface area contributed by atoms with Crippen LogP contribution in [0.5, 0.6) is 0 Å². The van der Waals surface area contributed by atoms with Gasteiger partial charge in [-0.1, -0.05) is 44.2 Å². The zero-order valence-corrected chi connectivity index (χ0v) is 16.7. The summed E-state index contributed by atoms with van der Waals surface area (Å²) in [6.45, 7) is 5.53. The molecule has 1 atom stereocenters. The van der Waals surface area contributed by atoms with Crippen LogP contribution in [0.1, 0.15) is 25.8 Å². The van der Waals surface area contributed by atoms with E-state index in [-0.39, 0.29) is 17.7 Å². The smallest absolute Gasteiger partial charge is 0.289 e. The summed E-state index contributed by atoms with van der Waals surface area (Å²) >= 11 is 0. The number of nitrogens with one attached hydrogen (secondary N) is 1. The van der Waals surface area contributed by atoms with E-state index in [1.807, 2.05) is 47.3 Å². The number of aryl methyl sites for hydroxylation is 1. The van der Waals surface area contributed by atoms with Crippen LogP contribution in [-0.4, -0.2) is 43.0 Å². The van der Waals surface area contributed by atoms with E-state index in [0.29, 0.717) is 18.0 Å². The number of aliphatic hydroxyl groups excluding tert-OH is 1. The molecule has 150 valence electrons. The van der Waals surface area contributed by atoms with Crippen LogP contribution in [0.25, 0.3) is 16.5 Å². The number of amides is 1. The summed E-state index contributed by atoms with van der Waals surface area (Å²) in [4.78, 5) is 22.0. The van der Waals surface area contributed by atoms with Gasteiger partial charge in [0.25, 0.3) is 5.91 Å².